The monoisotopic (exact) mass is 438 g/mol. The Morgan fingerprint density at radius 2 is 1.91 bits per heavy atom. The number of hydrogen-bond donors (Lipinski definition) is 1. The van der Waals surface area contributed by atoms with Gasteiger partial charge in [-0.2, -0.15) is 0 Å². The van der Waals surface area contributed by atoms with Crippen molar-refractivity contribution in [2.75, 3.05) is 20.1 Å². The molecule has 2 heterocycles. The molecule has 1 saturated heterocycles. The zero-order valence-corrected chi connectivity index (χ0v) is 19.7. The number of rotatable bonds is 7. The van der Waals surface area contributed by atoms with Crippen LogP contribution in [0.15, 0.2) is 35.3 Å². The molecule has 6 heteroatoms. The van der Waals surface area contributed by atoms with Gasteiger partial charge in [-0.05, 0) is 42.6 Å². The Labute approximate surface area is 192 Å². The minimum Gasteiger partial charge on any atom is -0.369 e. The van der Waals surface area contributed by atoms with Crippen molar-refractivity contribution in [3.8, 4) is 0 Å². The van der Waals surface area contributed by atoms with Crippen LogP contribution in [0.25, 0.3) is 0 Å². The van der Waals surface area contributed by atoms with Crippen LogP contribution in [0.5, 0.6) is 0 Å². The van der Waals surface area contributed by atoms with Crippen molar-refractivity contribution < 1.29 is 9.59 Å². The summed E-state index contributed by atoms with van der Waals surface area (Å²) < 4.78 is 0. The van der Waals surface area contributed by atoms with E-state index in [0.717, 1.165) is 31.4 Å². The highest BCUT2D eigenvalue weighted by Crippen LogP contribution is 2.44. The molecule has 1 aliphatic carbocycles. The number of nitrogens with two attached hydrogens (primary N) is 1. The summed E-state index contributed by atoms with van der Waals surface area (Å²) in [6.45, 7) is 3.63. The molecule has 1 aromatic carbocycles. The van der Waals surface area contributed by atoms with E-state index in [0.29, 0.717) is 31.3 Å². The van der Waals surface area contributed by atoms with Gasteiger partial charge in [0.2, 0.25) is 5.91 Å². The Balaban J connectivity index is 1.44. The quantitative estimate of drug-likeness (QED) is 0.704. The van der Waals surface area contributed by atoms with Crippen molar-refractivity contribution in [1.82, 2.24) is 9.80 Å². The minimum atomic E-state index is -0.774. The summed E-state index contributed by atoms with van der Waals surface area (Å²) >= 11 is 0. The first-order valence-corrected chi connectivity index (χ1v) is 12.3. The van der Waals surface area contributed by atoms with Crippen molar-refractivity contribution in [3.63, 3.8) is 0 Å². The lowest BCUT2D eigenvalue weighted by molar-refractivity contribution is -0.132. The van der Waals surface area contributed by atoms with Crippen molar-refractivity contribution in [3.05, 3.63) is 35.9 Å². The van der Waals surface area contributed by atoms with Crippen molar-refractivity contribution in [2.45, 2.75) is 76.7 Å². The highest BCUT2D eigenvalue weighted by atomic mass is 16.2. The first kappa shape index (κ1) is 22.8. The number of hydrogen-bond acceptors (Lipinski definition) is 4. The van der Waals surface area contributed by atoms with Gasteiger partial charge in [0.1, 0.15) is 5.54 Å². The van der Waals surface area contributed by atoms with Gasteiger partial charge in [-0.25, -0.2) is 4.99 Å². The van der Waals surface area contributed by atoms with E-state index < -0.39 is 5.54 Å². The number of guanidine groups is 1. The van der Waals surface area contributed by atoms with Gasteiger partial charge in [0.05, 0.1) is 6.42 Å². The number of likely N-dealkylation sites (tertiary alicyclic amines) is 1. The summed E-state index contributed by atoms with van der Waals surface area (Å²) in [5, 5.41) is 0. The van der Waals surface area contributed by atoms with E-state index in [-0.39, 0.29) is 17.2 Å². The molecular formula is C26H38N4O2. The molecule has 2 amide bonds. The molecule has 4 rings (SSSR count). The second kappa shape index (κ2) is 9.24. The lowest BCUT2D eigenvalue weighted by Crippen LogP contribution is -2.46. The van der Waals surface area contributed by atoms with Crippen LogP contribution >= 0.6 is 0 Å². The number of benzene rings is 1. The van der Waals surface area contributed by atoms with Gasteiger partial charge < -0.3 is 10.6 Å². The fourth-order valence-corrected chi connectivity index (χ4v) is 6.01. The third-order valence-corrected chi connectivity index (χ3v) is 7.89. The SMILES string of the molecule is CN1C(=O)[C@](CCC2CCCCC2)(C[C@@]2(C)CCN(C(=O)Cc3ccccc3)C2)N=C1N. The molecule has 2 N–H and O–H groups in total. The molecule has 2 atom stereocenters. The van der Waals surface area contributed by atoms with Crippen molar-refractivity contribution >= 4 is 17.8 Å². The standard InChI is InChI=1S/C26H38N4O2/c1-25(15-16-30(19-25)22(31)17-21-11-7-4-8-12-21)18-26(23(32)29(2)24(27)28-26)14-13-20-9-5-3-6-10-20/h4,7-8,11-12,20H,3,5-6,9-10,13-19H2,1-2H3,(H2,27,28)/t25-,26+/m1/s1. The lowest BCUT2D eigenvalue weighted by Gasteiger charge is -2.35. The van der Waals surface area contributed by atoms with Crippen LogP contribution in [-0.4, -0.2) is 53.2 Å². The van der Waals surface area contributed by atoms with E-state index in [1.54, 1.807) is 7.05 Å². The van der Waals surface area contributed by atoms with Gasteiger partial charge in [0, 0.05) is 20.1 Å². The molecule has 174 valence electrons. The van der Waals surface area contributed by atoms with Crippen LogP contribution in [0.2, 0.25) is 0 Å². The second-order valence-electron chi connectivity index (χ2n) is 10.6. The molecule has 1 saturated carbocycles. The predicted octanol–water partition coefficient (Wildman–Crippen LogP) is 3.74. The molecule has 2 aliphatic heterocycles. The predicted molar refractivity (Wildman–Crippen MR) is 127 cm³/mol. The molecule has 2 fully saturated rings. The Hall–Kier alpha value is -2.37. The fourth-order valence-electron chi connectivity index (χ4n) is 6.01. The Morgan fingerprint density at radius 1 is 1.19 bits per heavy atom. The third-order valence-electron chi connectivity index (χ3n) is 7.89. The van der Waals surface area contributed by atoms with Gasteiger partial charge in [-0.3, -0.25) is 14.5 Å². The number of aliphatic imine (C=N–C) groups is 1. The molecule has 3 aliphatic rings. The smallest absolute Gasteiger partial charge is 0.257 e. The summed E-state index contributed by atoms with van der Waals surface area (Å²) in [7, 11) is 1.73. The number of amides is 2. The van der Waals surface area contributed by atoms with Crippen molar-refractivity contribution in [2.24, 2.45) is 22.1 Å². The van der Waals surface area contributed by atoms with Crippen LogP contribution < -0.4 is 5.73 Å². The average molecular weight is 439 g/mol. The number of carbonyl (C=O) groups excluding carboxylic acids is 2. The zero-order chi connectivity index (χ0) is 22.8. The fraction of sp³-hybridized carbons (Fsp3) is 0.654. The molecule has 0 radical (unpaired) electrons. The highest BCUT2D eigenvalue weighted by molar-refractivity contribution is 6.06. The first-order chi connectivity index (χ1) is 15.3. The van der Waals surface area contributed by atoms with Gasteiger partial charge >= 0.3 is 0 Å². The summed E-state index contributed by atoms with van der Waals surface area (Å²) in [5.74, 6) is 1.21. The molecular weight excluding hydrogens is 400 g/mol. The molecule has 0 unspecified atom stereocenters. The van der Waals surface area contributed by atoms with Crippen LogP contribution in [0.4, 0.5) is 0 Å². The maximum Gasteiger partial charge on any atom is 0.257 e. The third kappa shape index (κ3) is 4.84. The highest BCUT2D eigenvalue weighted by Gasteiger charge is 2.51. The van der Waals surface area contributed by atoms with Gasteiger partial charge in [0.15, 0.2) is 5.96 Å². The topological polar surface area (TPSA) is 79.0 Å². The molecule has 0 bridgehead atoms. The van der Waals surface area contributed by atoms with E-state index in [4.69, 9.17) is 10.7 Å². The molecule has 0 spiro atoms. The molecule has 32 heavy (non-hydrogen) atoms. The van der Waals surface area contributed by atoms with Crippen molar-refractivity contribution in [1.29, 1.82) is 0 Å². The summed E-state index contributed by atoms with van der Waals surface area (Å²) in [4.78, 5) is 34.5. The van der Waals surface area contributed by atoms with Crippen LogP contribution in [-0.2, 0) is 16.0 Å². The number of nitrogens with zero attached hydrogens (tertiary/aromatic N) is 3. The van der Waals surface area contributed by atoms with E-state index in [1.165, 1.54) is 37.0 Å². The largest absolute Gasteiger partial charge is 0.369 e. The van der Waals surface area contributed by atoms with Gasteiger partial charge in [0.25, 0.3) is 5.91 Å². The first-order valence-electron chi connectivity index (χ1n) is 12.3. The van der Waals surface area contributed by atoms with Crippen LogP contribution in [0.3, 0.4) is 0 Å². The van der Waals surface area contributed by atoms with E-state index in [9.17, 15) is 9.59 Å². The normalized spacial score (nSPS) is 28.9. The van der Waals surface area contributed by atoms with E-state index in [2.05, 4.69) is 6.92 Å². The Bertz CT molecular complexity index is 864. The average Bonchev–Trinajstić information content (AvgIpc) is 3.27. The van der Waals surface area contributed by atoms with Crippen LogP contribution in [0, 0.1) is 11.3 Å². The molecule has 0 aromatic heterocycles. The van der Waals surface area contributed by atoms with Gasteiger partial charge in [-0.15, -0.1) is 0 Å². The van der Waals surface area contributed by atoms with E-state index in [1.807, 2.05) is 35.2 Å². The maximum absolute atomic E-state index is 13.3. The van der Waals surface area contributed by atoms with Crippen LogP contribution in [0.1, 0.15) is 70.3 Å². The maximum atomic E-state index is 13.3. The lowest BCUT2D eigenvalue weighted by atomic mass is 9.72. The minimum absolute atomic E-state index is 0.0288. The second-order valence-corrected chi connectivity index (χ2v) is 10.6. The summed E-state index contributed by atoms with van der Waals surface area (Å²) in [5.41, 5.74) is 6.25. The summed E-state index contributed by atoms with van der Waals surface area (Å²) in [6, 6.07) is 9.90. The van der Waals surface area contributed by atoms with E-state index >= 15 is 0 Å². The summed E-state index contributed by atoms with van der Waals surface area (Å²) in [6.07, 6.45) is 10.2. The zero-order valence-electron chi connectivity index (χ0n) is 19.7. The Morgan fingerprint density at radius 3 is 2.56 bits per heavy atom. The molecule has 6 nitrogen and oxygen atoms in total. The Kier molecular flexibility index (Phi) is 6.59. The number of carbonyl (C=O) groups is 2. The molecule has 1 aromatic rings. The number of likely N-dealkylation sites (N-methyl/N-ethyl adjacent to an activating group) is 1. The van der Waals surface area contributed by atoms with Gasteiger partial charge in [-0.1, -0.05) is 69.4 Å².